The number of nitrogens with zero attached hydrogens (tertiary/aromatic N) is 2. The van der Waals surface area contributed by atoms with Crippen molar-refractivity contribution in [2.24, 2.45) is 0 Å². The molecule has 1 heterocycles. The van der Waals surface area contributed by atoms with Gasteiger partial charge in [-0.25, -0.2) is 4.98 Å². The summed E-state index contributed by atoms with van der Waals surface area (Å²) in [6.07, 6.45) is 1.80. The van der Waals surface area contributed by atoms with Crippen LogP contribution in [-0.4, -0.2) is 12.0 Å². The van der Waals surface area contributed by atoms with E-state index in [0.29, 0.717) is 5.82 Å². The molecule has 0 saturated heterocycles. The van der Waals surface area contributed by atoms with Gasteiger partial charge in [-0.05, 0) is 30.2 Å². The van der Waals surface area contributed by atoms with Crippen molar-refractivity contribution < 1.29 is 0 Å². The van der Waals surface area contributed by atoms with Crippen LogP contribution < -0.4 is 10.6 Å². The van der Waals surface area contributed by atoms with E-state index < -0.39 is 0 Å². The van der Waals surface area contributed by atoms with Crippen LogP contribution in [0.15, 0.2) is 42.6 Å². The summed E-state index contributed by atoms with van der Waals surface area (Å²) in [7, 11) is 2.06. The Hall–Kier alpha value is -2.03. The molecule has 0 amide bonds. The first-order chi connectivity index (χ1) is 8.16. The van der Waals surface area contributed by atoms with Gasteiger partial charge in [-0.15, -0.1) is 0 Å². The Balaban J connectivity index is 2.14. The Labute approximate surface area is 102 Å². The van der Waals surface area contributed by atoms with Gasteiger partial charge in [0.1, 0.15) is 5.82 Å². The van der Waals surface area contributed by atoms with E-state index in [1.54, 1.807) is 6.20 Å². The van der Waals surface area contributed by atoms with Crippen LogP contribution in [0.25, 0.3) is 0 Å². The van der Waals surface area contributed by atoms with Crippen molar-refractivity contribution in [3.05, 3.63) is 53.7 Å². The number of rotatable bonds is 3. The van der Waals surface area contributed by atoms with Crippen molar-refractivity contribution in [3.8, 4) is 0 Å². The maximum Gasteiger partial charge on any atom is 0.123 e. The van der Waals surface area contributed by atoms with Crippen molar-refractivity contribution in [2.45, 2.75) is 13.5 Å². The first-order valence-electron chi connectivity index (χ1n) is 5.64. The summed E-state index contributed by atoms with van der Waals surface area (Å²) in [6, 6.07) is 12.2. The van der Waals surface area contributed by atoms with Crippen molar-refractivity contribution >= 4 is 11.5 Å². The summed E-state index contributed by atoms with van der Waals surface area (Å²) in [4.78, 5) is 6.26. The minimum absolute atomic E-state index is 0.554. The van der Waals surface area contributed by atoms with E-state index >= 15 is 0 Å². The van der Waals surface area contributed by atoms with Crippen molar-refractivity contribution in [2.75, 3.05) is 17.7 Å². The molecule has 0 radical (unpaired) electrons. The predicted octanol–water partition coefficient (Wildman–Crippen LogP) is 2.61. The van der Waals surface area contributed by atoms with E-state index in [1.807, 2.05) is 12.1 Å². The summed E-state index contributed by atoms with van der Waals surface area (Å²) < 4.78 is 0. The SMILES string of the molecule is Cc1ccccc1CN(C)c1ccc(N)nc1. The van der Waals surface area contributed by atoms with Crippen LogP contribution in [0.1, 0.15) is 11.1 Å². The lowest BCUT2D eigenvalue weighted by atomic mass is 10.1. The Morgan fingerprint density at radius 3 is 2.59 bits per heavy atom. The molecule has 1 aromatic carbocycles. The van der Waals surface area contributed by atoms with E-state index in [1.165, 1.54) is 11.1 Å². The molecule has 0 bridgehead atoms. The number of benzene rings is 1. The minimum Gasteiger partial charge on any atom is -0.384 e. The van der Waals surface area contributed by atoms with Crippen LogP contribution >= 0.6 is 0 Å². The molecule has 0 unspecified atom stereocenters. The largest absolute Gasteiger partial charge is 0.384 e. The molecule has 0 saturated carbocycles. The zero-order valence-corrected chi connectivity index (χ0v) is 10.2. The monoisotopic (exact) mass is 227 g/mol. The lowest BCUT2D eigenvalue weighted by Crippen LogP contribution is -2.17. The number of anilines is 2. The van der Waals surface area contributed by atoms with Crippen LogP contribution in [0, 0.1) is 6.92 Å². The highest BCUT2D eigenvalue weighted by Gasteiger charge is 2.04. The highest BCUT2D eigenvalue weighted by Crippen LogP contribution is 2.16. The fraction of sp³-hybridized carbons (Fsp3) is 0.214. The fourth-order valence-corrected chi connectivity index (χ4v) is 1.76. The van der Waals surface area contributed by atoms with Gasteiger partial charge < -0.3 is 10.6 Å². The zero-order chi connectivity index (χ0) is 12.3. The van der Waals surface area contributed by atoms with Gasteiger partial charge in [-0.1, -0.05) is 24.3 Å². The highest BCUT2D eigenvalue weighted by molar-refractivity contribution is 5.48. The molecule has 2 aromatic rings. The molecule has 0 aliphatic heterocycles. The average Bonchev–Trinajstić information content (AvgIpc) is 2.33. The van der Waals surface area contributed by atoms with Gasteiger partial charge in [0.15, 0.2) is 0 Å². The molecular weight excluding hydrogens is 210 g/mol. The molecule has 1 aromatic heterocycles. The third-order valence-corrected chi connectivity index (χ3v) is 2.88. The average molecular weight is 227 g/mol. The lowest BCUT2D eigenvalue weighted by molar-refractivity contribution is 0.910. The van der Waals surface area contributed by atoms with Gasteiger partial charge in [0.05, 0.1) is 11.9 Å². The molecule has 88 valence electrons. The standard InChI is InChI=1S/C14H17N3/c1-11-5-3-4-6-12(11)10-17(2)13-7-8-14(15)16-9-13/h3-9H,10H2,1-2H3,(H2,15,16). The van der Waals surface area contributed by atoms with Gasteiger partial charge in [0, 0.05) is 13.6 Å². The Morgan fingerprint density at radius 1 is 1.18 bits per heavy atom. The van der Waals surface area contributed by atoms with Gasteiger partial charge in [-0.2, -0.15) is 0 Å². The van der Waals surface area contributed by atoms with Gasteiger partial charge in [0.2, 0.25) is 0 Å². The molecule has 3 nitrogen and oxygen atoms in total. The number of hydrogen-bond donors (Lipinski definition) is 1. The maximum absolute atomic E-state index is 5.57. The molecule has 0 atom stereocenters. The molecule has 0 spiro atoms. The Bertz CT molecular complexity index is 491. The van der Waals surface area contributed by atoms with Crippen LogP contribution in [0.2, 0.25) is 0 Å². The van der Waals surface area contributed by atoms with Crippen molar-refractivity contribution in [3.63, 3.8) is 0 Å². The quantitative estimate of drug-likeness (QED) is 0.876. The topological polar surface area (TPSA) is 42.1 Å². The van der Waals surface area contributed by atoms with Gasteiger partial charge in [-0.3, -0.25) is 0 Å². The molecule has 17 heavy (non-hydrogen) atoms. The van der Waals surface area contributed by atoms with E-state index in [0.717, 1.165) is 12.2 Å². The predicted molar refractivity (Wildman–Crippen MR) is 71.9 cm³/mol. The third-order valence-electron chi connectivity index (χ3n) is 2.88. The molecule has 3 heteroatoms. The fourth-order valence-electron chi connectivity index (χ4n) is 1.76. The molecule has 0 aliphatic rings. The molecule has 0 fully saturated rings. The highest BCUT2D eigenvalue weighted by atomic mass is 15.1. The van der Waals surface area contributed by atoms with Crippen molar-refractivity contribution in [1.29, 1.82) is 0 Å². The Morgan fingerprint density at radius 2 is 1.94 bits per heavy atom. The van der Waals surface area contributed by atoms with Crippen LogP contribution in [0.3, 0.4) is 0 Å². The normalized spacial score (nSPS) is 10.2. The minimum atomic E-state index is 0.554. The summed E-state index contributed by atoms with van der Waals surface area (Å²) in [6.45, 7) is 3.00. The number of aryl methyl sites for hydroxylation is 1. The zero-order valence-electron chi connectivity index (χ0n) is 10.2. The number of nitrogens with two attached hydrogens (primary N) is 1. The van der Waals surface area contributed by atoms with Crippen LogP contribution in [0.5, 0.6) is 0 Å². The summed E-state index contributed by atoms with van der Waals surface area (Å²) in [5, 5.41) is 0. The third kappa shape index (κ3) is 2.75. The Kier molecular flexibility index (Phi) is 3.28. The van der Waals surface area contributed by atoms with E-state index in [-0.39, 0.29) is 0 Å². The second kappa shape index (κ2) is 4.87. The number of hydrogen-bond acceptors (Lipinski definition) is 3. The maximum atomic E-state index is 5.57. The van der Waals surface area contributed by atoms with Gasteiger partial charge >= 0.3 is 0 Å². The second-order valence-electron chi connectivity index (χ2n) is 4.22. The van der Waals surface area contributed by atoms with E-state index in [9.17, 15) is 0 Å². The number of aromatic nitrogens is 1. The molecule has 0 aliphatic carbocycles. The van der Waals surface area contributed by atoms with Crippen LogP contribution in [0.4, 0.5) is 11.5 Å². The molecule has 2 rings (SSSR count). The summed E-state index contributed by atoms with van der Waals surface area (Å²) >= 11 is 0. The summed E-state index contributed by atoms with van der Waals surface area (Å²) in [5.41, 5.74) is 9.28. The van der Waals surface area contributed by atoms with E-state index in [2.05, 4.69) is 48.1 Å². The molecular formula is C14H17N3. The summed E-state index contributed by atoms with van der Waals surface area (Å²) in [5.74, 6) is 0.554. The van der Waals surface area contributed by atoms with Crippen LogP contribution in [-0.2, 0) is 6.54 Å². The van der Waals surface area contributed by atoms with Gasteiger partial charge in [0.25, 0.3) is 0 Å². The first kappa shape index (κ1) is 11.5. The van der Waals surface area contributed by atoms with E-state index in [4.69, 9.17) is 5.73 Å². The van der Waals surface area contributed by atoms with Crippen molar-refractivity contribution in [1.82, 2.24) is 4.98 Å². The first-order valence-corrected chi connectivity index (χ1v) is 5.64. The second-order valence-corrected chi connectivity index (χ2v) is 4.22. The molecule has 2 N–H and O–H groups in total. The number of pyridine rings is 1. The smallest absolute Gasteiger partial charge is 0.123 e. The lowest BCUT2D eigenvalue weighted by Gasteiger charge is -2.20. The number of nitrogen functional groups attached to an aromatic ring is 1.